The summed E-state index contributed by atoms with van der Waals surface area (Å²) in [6, 6.07) is 9.80. The second-order valence-electron chi connectivity index (χ2n) is 4.21. The van der Waals surface area contributed by atoms with Crippen LogP contribution in [0.15, 0.2) is 36.5 Å². The molecule has 0 atom stereocenters. The Hall–Kier alpha value is -1.61. The summed E-state index contributed by atoms with van der Waals surface area (Å²) in [5.74, 6) is 0.835. The van der Waals surface area contributed by atoms with Crippen LogP contribution in [0.5, 0.6) is 5.75 Å². The summed E-state index contributed by atoms with van der Waals surface area (Å²) < 4.78 is 7.80. The number of nitrogens with zero attached hydrogens (tertiary/aromatic N) is 1. The van der Waals surface area contributed by atoms with Crippen LogP contribution >= 0.6 is 11.6 Å². The zero-order chi connectivity index (χ0) is 13.7. The normalized spacial score (nSPS) is 10.5. The van der Waals surface area contributed by atoms with E-state index < -0.39 is 0 Å². The van der Waals surface area contributed by atoms with E-state index >= 15 is 0 Å². The summed E-state index contributed by atoms with van der Waals surface area (Å²) in [6.07, 6.45) is 2.08. The minimum atomic E-state index is 0.641. The van der Waals surface area contributed by atoms with E-state index in [9.17, 15) is 0 Å². The van der Waals surface area contributed by atoms with Gasteiger partial charge in [-0.15, -0.1) is 0 Å². The van der Waals surface area contributed by atoms with Gasteiger partial charge in [0.25, 0.3) is 0 Å². The van der Waals surface area contributed by atoms with Gasteiger partial charge in [-0.25, -0.2) is 0 Å². The molecule has 0 amide bonds. The van der Waals surface area contributed by atoms with Crippen molar-refractivity contribution in [3.8, 4) is 5.75 Å². The van der Waals surface area contributed by atoms with Crippen molar-refractivity contribution in [2.75, 3.05) is 11.9 Å². The van der Waals surface area contributed by atoms with Gasteiger partial charge in [-0.1, -0.05) is 11.6 Å². The highest BCUT2D eigenvalue weighted by Crippen LogP contribution is 2.28. The summed E-state index contributed by atoms with van der Waals surface area (Å²) in [6.45, 7) is 6.47. The molecule has 3 nitrogen and oxygen atoms in total. The maximum Gasteiger partial charge on any atom is 0.142 e. The molecule has 0 aliphatic heterocycles. The quantitative estimate of drug-likeness (QED) is 0.858. The SMILES string of the molecule is CCOc1ccc(Cl)cc1NCc1cccn1CC. The van der Waals surface area contributed by atoms with Gasteiger partial charge in [-0.2, -0.15) is 0 Å². The molecule has 1 heterocycles. The molecule has 0 spiro atoms. The molecule has 0 bridgehead atoms. The number of benzene rings is 1. The number of rotatable bonds is 6. The number of hydrogen-bond acceptors (Lipinski definition) is 2. The van der Waals surface area contributed by atoms with E-state index in [1.54, 1.807) is 0 Å². The predicted octanol–water partition coefficient (Wildman–Crippen LogP) is 4.17. The molecule has 0 radical (unpaired) electrons. The van der Waals surface area contributed by atoms with Crippen molar-refractivity contribution in [1.82, 2.24) is 4.57 Å². The maximum absolute atomic E-state index is 6.04. The molecular weight excluding hydrogens is 260 g/mol. The van der Waals surface area contributed by atoms with Crippen LogP contribution in [0.25, 0.3) is 0 Å². The number of ether oxygens (including phenoxy) is 1. The highest BCUT2D eigenvalue weighted by atomic mass is 35.5. The van der Waals surface area contributed by atoms with Crippen LogP contribution in [-0.2, 0) is 13.1 Å². The Balaban J connectivity index is 2.12. The summed E-state index contributed by atoms with van der Waals surface area (Å²) in [7, 11) is 0. The van der Waals surface area contributed by atoms with Crippen molar-refractivity contribution < 1.29 is 4.74 Å². The predicted molar refractivity (Wildman–Crippen MR) is 80.1 cm³/mol. The van der Waals surface area contributed by atoms with Crippen molar-refractivity contribution >= 4 is 17.3 Å². The van der Waals surface area contributed by atoms with E-state index in [0.717, 1.165) is 24.5 Å². The van der Waals surface area contributed by atoms with Gasteiger partial charge < -0.3 is 14.6 Å². The van der Waals surface area contributed by atoms with E-state index in [2.05, 4.69) is 35.1 Å². The highest BCUT2D eigenvalue weighted by molar-refractivity contribution is 6.30. The first-order chi connectivity index (χ1) is 9.24. The van der Waals surface area contributed by atoms with Crippen LogP contribution < -0.4 is 10.1 Å². The van der Waals surface area contributed by atoms with Crippen LogP contribution in [0.2, 0.25) is 5.02 Å². The van der Waals surface area contributed by atoms with E-state index in [1.165, 1.54) is 5.69 Å². The first-order valence-electron chi connectivity index (χ1n) is 6.54. The van der Waals surface area contributed by atoms with Gasteiger partial charge in [0.2, 0.25) is 0 Å². The van der Waals surface area contributed by atoms with Gasteiger partial charge in [0.15, 0.2) is 0 Å². The minimum Gasteiger partial charge on any atom is -0.492 e. The Morgan fingerprint density at radius 3 is 2.84 bits per heavy atom. The Bertz CT molecular complexity index is 537. The van der Waals surface area contributed by atoms with Crippen LogP contribution in [0.4, 0.5) is 5.69 Å². The van der Waals surface area contributed by atoms with Crippen molar-refractivity contribution in [1.29, 1.82) is 0 Å². The van der Waals surface area contributed by atoms with Crippen LogP contribution in [-0.4, -0.2) is 11.2 Å². The van der Waals surface area contributed by atoms with Gasteiger partial charge in [-0.3, -0.25) is 0 Å². The molecule has 0 fully saturated rings. The molecule has 19 heavy (non-hydrogen) atoms. The molecule has 2 rings (SSSR count). The van der Waals surface area contributed by atoms with E-state index in [-0.39, 0.29) is 0 Å². The maximum atomic E-state index is 6.04. The smallest absolute Gasteiger partial charge is 0.142 e. The Kier molecular flexibility index (Phi) is 4.74. The molecule has 0 saturated carbocycles. The monoisotopic (exact) mass is 278 g/mol. The molecule has 0 unspecified atom stereocenters. The summed E-state index contributed by atoms with van der Waals surface area (Å²) >= 11 is 6.04. The fourth-order valence-corrected chi connectivity index (χ4v) is 2.20. The fraction of sp³-hybridized carbons (Fsp3) is 0.333. The molecule has 1 aromatic carbocycles. The minimum absolute atomic E-state index is 0.641. The molecule has 102 valence electrons. The lowest BCUT2D eigenvalue weighted by Crippen LogP contribution is -2.07. The molecule has 1 aromatic heterocycles. The highest BCUT2D eigenvalue weighted by Gasteiger charge is 2.05. The molecule has 0 saturated heterocycles. The lowest BCUT2D eigenvalue weighted by atomic mass is 10.3. The third kappa shape index (κ3) is 3.44. The van der Waals surface area contributed by atoms with Crippen LogP contribution in [0.3, 0.4) is 0 Å². The van der Waals surface area contributed by atoms with Gasteiger partial charge in [0.1, 0.15) is 5.75 Å². The number of halogens is 1. The second-order valence-corrected chi connectivity index (χ2v) is 4.65. The number of aryl methyl sites for hydroxylation is 1. The van der Waals surface area contributed by atoms with Gasteiger partial charge in [0.05, 0.1) is 18.8 Å². The second kappa shape index (κ2) is 6.53. The molecule has 0 aliphatic rings. The van der Waals surface area contributed by atoms with E-state index in [0.29, 0.717) is 11.6 Å². The molecule has 1 N–H and O–H groups in total. The molecule has 4 heteroatoms. The summed E-state index contributed by atoms with van der Waals surface area (Å²) in [5, 5.41) is 4.09. The zero-order valence-corrected chi connectivity index (χ0v) is 12.1. The third-order valence-electron chi connectivity index (χ3n) is 2.97. The summed E-state index contributed by atoms with van der Waals surface area (Å²) in [4.78, 5) is 0. The van der Waals surface area contributed by atoms with Crippen molar-refractivity contribution in [3.05, 3.63) is 47.2 Å². The van der Waals surface area contributed by atoms with Crippen molar-refractivity contribution in [3.63, 3.8) is 0 Å². The fourth-order valence-electron chi connectivity index (χ4n) is 2.03. The van der Waals surface area contributed by atoms with Gasteiger partial charge in [-0.05, 0) is 44.2 Å². The Morgan fingerprint density at radius 2 is 2.11 bits per heavy atom. The summed E-state index contributed by atoms with van der Waals surface area (Å²) in [5.41, 5.74) is 2.17. The largest absolute Gasteiger partial charge is 0.492 e. The zero-order valence-electron chi connectivity index (χ0n) is 11.3. The number of aromatic nitrogens is 1. The molecule has 0 aliphatic carbocycles. The van der Waals surface area contributed by atoms with E-state index in [1.807, 2.05) is 25.1 Å². The lowest BCUT2D eigenvalue weighted by Gasteiger charge is -2.13. The van der Waals surface area contributed by atoms with Crippen LogP contribution in [0.1, 0.15) is 19.5 Å². The van der Waals surface area contributed by atoms with Crippen molar-refractivity contribution in [2.45, 2.75) is 26.9 Å². The third-order valence-corrected chi connectivity index (χ3v) is 3.20. The number of nitrogens with one attached hydrogen (secondary N) is 1. The van der Waals surface area contributed by atoms with Crippen molar-refractivity contribution in [2.24, 2.45) is 0 Å². The Morgan fingerprint density at radius 1 is 1.26 bits per heavy atom. The lowest BCUT2D eigenvalue weighted by molar-refractivity contribution is 0.341. The standard InChI is InChI=1S/C15H19ClN2O/c1-3-18-9-5-6-13(18)11-17-14-10-12(16)7-8-15(14)19-4-2/h5-10,17H,3-4,11H2,1-2H3. The number of anilines is 1. The average Bonchev–Trinajstić information content (AvgIpc) is 2.86. The van der Waals surface area contributed by atoms with E-state index in [4.69, 9.17) is 16.3 Å². The molecule has 2 aromatic rings. The molecular formula is C15H19ClN2O. The average molecular weight is 279 g/mol. The van der Waals surface area contributed by atoms with Gasteiger partial charge >= 0.3 is 0 Å². The number of hydrogen-bond donors (Lipinski definition) is 1. The van der Waals surface area contributed by atoms with Crippen LogP contribution in [0, 0.1) is 0 Å². The Labute approximate surface area is 119 Å². The topological polar surface area (TPSA) is 26.2 Å². The first kappa shape index (κ1) is 13.8. The van der Waals surface area contributed by atoms with Gasteiger partial charge in [0, 0.05) is 23.5 Å². The first-order valence-corrected chi connectivity index (χ1v) is 6.92.